The Morgan fingerprint density at radius 2 is 2.05 bits per heavy atom. The topological polar surface area (TPSA) is 52.7 Å². The molecule has 116 valence electrons. The van der Waals surface area contributed by atoms with E-state index < -0.39 is 0 Å². The van der Waals surface area contributed by atoms with Crippen molar-refractivity contribution >= 4 is 11.9 Å². The van der Waals surface area contributed by atoms with Gasteiger partial charge in [-0.15, -0.1) is 0 Å². The normalized spacial score (nSPS) is 18.8. The lowest BCUT2D eigenvalue weighted by molar-refractivity contribution is -0.129. The number of urea groups is 1. The van der Waals surface area contributed by atoms with Crippen LogP contribution >= 0.6 is 0 Å². The van der Waals surface area contributed by atoms with Crippen LogP contribution in [0.4, 0.5) is 4.79 Å². The second kappa shape index (κ2) is 8.12. The van der Waals surface area contributed by atoms with Gasteiger partial charge in [-0.1, -0.05) is 20.3 Å². The lowest BCUT2D eigenvalue weighted by Gasteiger charge is -2.25. The van der Waals surface area contributed by atoms with Gasteiger partial charge in [0.15, 0.2) is 0 Å². The highest BCUT2D eigenvalue weighted by Crippen LogP contribution is 2.14. The lowest BCUT2D eigenvalue weighted by Crippen LogP contribution is -2.46. The van der Waals surface area contributed by atoms with E-state index in [4.69, 9.17) is 0 Å². The zero-order valence-corrected chi connectivity index (χ0v) is 13.3. The number of nitrogens with zero attached hydrogens (tertiary/aromatic N) is 2. The second-order valence-corrected chi connectivity index (χ2v) is 5.83. The summed E-state index contributed by atoms with van der Waals surface area (Å²) < 4.78 is 0. The molecule has 1 saturated heterocycles. The van der Waals surface area contributed by atoms with E-state index in [-0.39, 0.29) is 24.0 Å². The highest BCUT2D eigenvalue weighted by Gasteiger charge is 2.32. The highest BCUT2D eigenvalue weighted by atomic mass is 16.2. The third-order valence-corrected chi connectivity index (χ3v) is 3.67. The molecule has 1 unspecified atom stereocenters. The Morgan fingerprint density at radius 1 is 1.35 bits per heavy atom. The molecule has 0 bridgehead atoms. The molecular weight excluding hydrogens is 254 g/mol. The van der Waals surface area contributed by atoms with E-state index in [9.17, 15) is 9.59 Å². The molecule has 5 heteroatoms. The Kier molecular flexibility index (Phi) is 6.82. The van der Waals surface area contributed by atoms with Gasteiger partial charge in [-0.3, -0.25) is 4.79 Å². The summed E-state index contributed by atoms with van der Waals surface area (Å²) in [6.45, 7) is 10.4. The summed E-state index contributed by atoms with van der Waals surface area (Å²) in [7, 11) is 0. The molecule has 0 aromatic carbocycles. The molecule has 0 radical (unpaired) electrons. The average molecular weight is 283 g/mol. The minimum absolute atomic E-state index is 0.0243. The van der Waals surface area contributed by atoms with Gasteiger partial charge < -0.3 is 15.1 Å². The number of rotatable bonds is 7. The Bertz CT molecular complexity index is 331. The minimum Gasteiger partial charge on any atom is -0.338 e. The summed E-state index contributed by atoms with van der Waals surface area (Å²) in [4.78, 5) is 27.8. The first-order chi connectivity index (χ1) is 9.49. The van der Waals surface area contributed by atoms with E-state index in [0.717, 1.165) is 32.4 Å². The number of unbranched alkanes of at least 4 members (excludes halogenated alkanes) is 1. The van der Waals surface area contributed by atoms with Gasteiger partial charge in [-0.2, -0.15) is 0 Å². The zero-order chi connectivity index (χ0) is 15.1. The first kappa shape index (κ1) is 16.8. The van der Waals surface area contributed by atoms with Crippen molar-refractivity contribution in [3.8, 4) is 0 Å². The first-order valence-corrected chi connectivity index (χ1v) is 7.84. The van der Waals surface area contributed by atoms with Crippen LogP contribution in [0.5, 0.6) is 0 Å². The van der Waals surface area contributed by atoms with Crippen molar-refractivity contribution in [1.29, 1.82) is 0 Å². The molecule has 1 aliphatic heterocycles. The van der Waals surface area contributed by atoms with Crippen LogP contribution in [0.2, 0.25) is 0 Å². The van der Waals surface area contributed by atoms with Crippen LogP contribution in [-0.2, 0) is 4.79 Å². The van der Waals surface area contributed by atoms with Crippen LogP contribution in [-0.4, -0.2) is 53.5 Å². The molecule has 20 heavy (non-hydrogen) atoms. The third-order valence-electron chi connectivity index (χ3n) is 3.67. The smallest absolute Gasteiger partial charge is 0.317 e. The molecule has 5 nitrogen and oxygen atoms in total. The molecule has 1 atom stereocenters. The fraction of sp³-hybridized carbons (Fsp3) is 0.867. The molecule has 0 spiro atoms. The summed E-state index contributed by atoms with van der Waals surface area (Å²) in [5, 5.41) is 3.01. The summed E-state index contributed by atoms with van der Waals surface area (Å²) in [6, 6.07) is 0.137. The van der Waals surface area contributed by atoms with E-state index in [1.807, 2.05) is 23.6 Å². The van der Waals surface area contributed by atoms with Crippen molar-refractivity contribution in [3.63, 3.8) is 0 Å². The average Bonchev–Trinajstić information content (AvgIpc) is 2.75. The first-order valence-electron chi connectivity index (χ1n) is 7.84. The quantitative estimate of drug-likeness (QED) is 0.779. The van der Waals surface area contributed by atoms with Crippen LogP contribution in [0.1, 0.15) is 53.4 Å². The van der Waals surface area contributed by atoms with Crippen LogP contribution in [0, 0.1) is 0 Å². The Balaban J connectivity index is 2.50. The van der Waals surface area contributed by atoms with Gasteiger partial charge in [0.25, 0.3) is 0 Å². The Labute approximate surface area is 122 Å². The molecule has 0 aliphatic carbocycles. The molecule has 0 saturated carbocycles. The number of hydrogen-bond acceptors (Lipinski definition) is 2. The highest BCUT2D eigenvalue weighted by molar-refractivity contribution is 5.81. The molecule has 1 aliphatic rings. The van der Waals surface area contributed by atoms with E-state index in [2.05, 4.69) is 19.2 Å². The fourth-order valence-corrected chi connectivity index (χ4v) is 2.53. The van der Waals surface area contributed by atoms with Crippen molar-refractivity contribution in [2.75, 3.05) is 19.6 Å². The van der Waals surface area contributed by atoms with E-state index in [1.165, 1.54) is 0 Å². The van der Waals surface area contributed by atoms with Gasteiger partial charge in [-0.25, -0.2) is 4.79 Å². The fourth-order valence-electron chi connectivity index (χ4n) is 2.53. The van der Waals surface area contributed by atoms with Crippen LogP contribution in [0.3, 0.4) is 0 Å². The second-order valence-electron chi connectivity index (χ2n) is 5.83. The Morgan fingerprint density at radius 3 is 2.55 bits per heavy atom. The summed E-state index contributed by atoms with van der Waals surface area (Å²) in [5.41, 5.74) is 0. The van der Waals surface area contributed by atoms with Gasteiger partial charge in [0.05, 0.1) is 6.04 Å². The molecule has 1 rings (SSSR count). The number of carbonyl (C=O) groups is 2. The van der Waals surface area contributed by atoms with Crippen LogP contribution < -0.4 is 5.32 Å². The molecule has 0 aromatic rings. The zero-order valence-electron chi connectivity index (χ0n) is 13.3. The van der Waals surface area contributed by atoms with Crippen molar-refractivity contribution in [2.24, 2.45) is 0 Å². The number of carbonyl (C=O) groups excluding carboxylic acids is 2. The summed E-state index contributed by atoms with van der Waals surface area (Å²) >= 11 is 0. The van der Waals surface area contributed by atoms with Gasteiger partial charge in [0.1, 0.15) is 0 Å². The minimum atomic E-state index is -0.0432. The van der Waals surface area contributed by atoms with Crippen molar-refractivity contribution in [3.05, 3.63) is 0 Å². The monoisotopic (exact) mass is 283 g/mol. The number of amides is 3. The Hall–Kier alpha value is -1.26. The largest absolute Gasteiger partial charge is 0.338 e. The molecule has 1 fully saturated rings. The lowest BCUT2D eigenvalue weighted by atomic mass is 10.2. The third kappa shape index (κ3) is 4.69. The van der Waals surface area contributed by atoms with Crippen LogP contribution in [0.15, 0.2) is 0 Å². The predicted octanol–water partition coefficient (Wildman–Crippen LogP) is 2.22. The summed E-state index contributed by atoms with van der Waals surface area (Å²) in [6.07, 6.45) is 3.49. The van der Waals surface area contributed by atoms with E-state index in [1.54, 1.807) is 0 Å². The maximum atomic E-state index is 12.3. The van der Waals surface area contributed by atoms with Crippen LogP contribution in [0.25, 0.3) is 0 Å². The van der Waals surface area contributed by atoms with Gasteiger partial charge >= 0.3 is 6.03 Å². The van der Waals surface area contributed by atoms with E-state index >= 15 is 0 Å². The maximum Gasteiger partial charge on any atom is 0.317 e. The molecule has 3 amide bonds. The molecule has 1 heterocycles. The predicted molar refractivity (Wildman–Crippen MR) is 80.6 cm³/mol. The SMILES string of the molecule is CCCCN(CCC)C(=O)NC1CC(=O)N(C(C)C)C1. The maximum absolute atomic E-state index is 12.3. The van der Waals surface area contributed by atoms with Crippen molar-refractivity contribution in [1.82, 2.24) is 15.1 Å². The number of likely N-dealkylation sites (tertiary alicyclic amines) is 1. The molecule has 1 N–H and O–H groups in total. The standard InChI is InChI=1S/C15H29N3O2/c1-5-7-9-17(8-6-2)15(20)16-13-10-14(19)18(11-13)12(3)4/h12-13H,5-11H2,1-4H3,(H,16,20). The van der Waals surface area contributed by atoms with Gasteiger partial charge in [0, 0.05) is 32.1 Å². The summed E-state index contributed by atoms with van der Waals surface area (Å²) in [5.74, 6) is 0.140. The molecular formula is C15H29N3O2. The van der Waals surface area contributed by atoms with Gasteiger partial charge in [0.2, 0.25) is 5.91 Å². The van der Waals surface area contributed by atoms with Gasteiger partial charge in [-0.05, 0) is 26.7 Å². The number of nitrogens with one attached hydrogen (secondary N) is 1. The number of hydrogen-bond donors (Lipinski definition) is 1. The molecule has 0 aromatic heterocycles. The van der Waals surface area contributed by atoms with E-state index in [0.29, 0.717) is 13.0 Å². The van der Waals surface area contributed by atoms with Crippen molar-refractivity contribution < 1.29 is 9.59 Å². The van der Waals surface area contributed by atoms with Crippen molar-refractivity contribution in [2.45, 2.75) is 65.5 Å².